The molecule has 0 saturated heterocycles. The van der Waals surface area contributed by atoms with E-state index in [-0.39, 0.29) is 0 Å². The molecule has 0 bridgehead atoms. The first-order valence-corrected chi connectivity index (χ1v) is 7.14. The third-order valence-electron chi connectivity index (χ3n) is 4.22. The minimum atomic E-state index is 0.521. The summed E-state index contributed by atoms with van der Waals surface area (Å²) in [6.45, 7) is 3.51. The maximum absolute atomic E-state index is 3.77. The quantitative estimate of drug-likeness (QED) is 0.701. The molecule has 17 heavy (non-hydrogen) atoms. The average molecular weight is 231 g/mol. The minimum absolute atomic E-state index is 0.521. The van der Waals surface area contributed by atoms with Crippen molar-refractivity contribution in [3.05, 3.63) is 35.9 Å². The predicted molar refractivity (Wildman–Crippen MR) is 74.3 cm³/mol. The van der Waals surface area contributed by atoms with Crippen molar-refractivity contribution in [3.63, 3.8) is 0 Å². The summed E-state index contributed by atoms with van der Waals surface area (Å²) in [6, 6.07) is 10.8. The molecule has 1 aromatic carbocycles. The third-order valence-corrected chi connectivity index (χ3v) is 4.22. The van der Waals surface area contributed by atoms with E-state index in [0.29, 0.717) is 5.54 Å². The molecule has 0 radical (unpaired) electrons. The highest BCUT2D eigenvalue weighted by atomic mass is 15.0. The van der Waals surface area contributed by atoms with Crippen LogP contribution in [0.3, 0.4) is 0 Å². The Bertz CT molecular complexity index is 308. The van der Waals surface area contributed by atoms with Crippen molar-refractivity contribution in [1.82, 2.24) is 5.32 Å². The number of rotatable bonds is 7. The van der Waals surface area contributed by atoms with Gasteiger partial charge in [-0.05, 0) is 57.1 Å². The van der Waals surface area contributed by atoms with Crippen molar-refractivity contribution in [1.29, 1.82) is 0 Å². The van der Waals surface area contributed by atoms with Crippen molar-refractivity contribution >= 4 is 0 Å². The van der Waals surface area contributed by atoms with Crippen LogP contribution in [0.15, 0.2) is 30.3 Å². The highest BCUT2D eigenvalue weighted by molar-refractivity contribution is 5.14. The smallest absolute Gasteiger partial charge is 0.0178 e. The van der Waals surface area contributed by atoms with Crippen molar-refractivity contribution in [2.75, 3.05) is 6.54 Å². The summed E-state index contributed by atoms with van der Waals surface area (Å²) in [6.07, 6.45) is 9.33. The van der Waals surface area contributed by atoms with Crippen LogP contribution in [0, 0.1) is 0 Å². The molecule has 1 fully saturated rings. The number of aryl methyl sites for hydroxylation is 1. The summed E-state index contributed by atoms with van der Waals surface area (Å²) in [7, 11) is 0. The van der Waals surface area contributed by atoms with Crippen LogP contribution < -0.4 is 5.32 Å². The molecule has 2 rings (SSSR count). The van der Waals surface area contributed by atoms with Crippen molar-refractivity contribution in [3.8, 4) is 0 Å². The van der Waals surface area contributed by atoms with E-state index in [9.17, 15) is 0 Å². The molecule has 1 N–H and O–H groups in total. The van der Waals surface area contributed by atoms with E-state index < -0.39 is 0 Å². The Labute approximate surface area is 106 Å². The van der Waals surface area contributed by atoms with Crippen LogP contribution in [0.1, 0.15) is 51.0 Å². The highest BCUT2D eigenvalue weighted by Crippen LogP contribution is 2.34. The Kier molecular flexibility index (Phi) is 4.61. The van der Waals surface area contributed by atoms with Gasteiger partial charge >= 0.3 is 0 Å². The second-order valence-electron chi connectivity index (χ2n) is 5.36. The zero-order valence-corrected chi connectivity index (χ0v) is 11.0. The number of unbranched alkanes of at least 4 members (excludes halogenated alkanes) is 1. The Morgan fingerprint density at radius 2 is 1.88 bits per heavy atom. The summed E-state index contributed by atoms with van der Waals surface area (Å²) >= 11 is 0. The normalized spacial score (nSPS) is 17.7. The van der Waals surface area contributed by atoms with Gasteiger partial charge < -0.3 is 5.32 Å². The molecule has 0 aromatic heterocycles. The van der Waals surface area contributed by atoms with Crippen LogP contribution in [0.25, 0.3) is 0 Å². The molecule has 1 aliphatic carbocycles. The van der Waals surface area contributed by atoms with Crippen molar-refractivity contribution in [2.24, 2.45) is 0 Å². The fourth-order valence-corrected chi connectivity index (χ4v) is 2.71. The first-order valence-electron chi connectivity index (χ1n) is 7.14. The van der Waals surface area contributed by atoms with Gasteiger partial charge in [0.15, 0.2) is 0 Å². The van der Waals surface area contributed by atoms with Gasteiger partial charge in [-0.25, -0.2) is 0 Å². The SMILES string of the molecule is CCC1(NCCCCc2ccccc2)CCC1. The van der Waals surface area contributed by atoms with E-state index in [1.807, 2.05) is 0 Å². The molecule has 1 saturated carbocycles. The van der Waals surface area contributed by atoms with E-state index in [0.717, 1.165) is 0 Å². The molecule has 0 amide bonds. The molecular formula is C16H25N. The van der Waals surface area contributed by atoms with Crippen LogP contribution in [0.4, 0.5) is 0 Å². The molecule has 0 aliphatic heterocycles. The molecule has 1 nitrogen and oxygen atoms in total. The number of benzene rings is 1. The molecule has 94 valence electrons. The summed E-state index contributed by atoms with van der Waals surface area (Å²) in [5.41, 5.74) is 1.99. The lowest BCUT2D eigenvalue weighted by atomic mass is 9.75. The lowest BCUT2D eigenvalue weighted by Crippen LogP contribution is -2.50. The van der Waals surface area contributed by atoms with Gasteiger partial charge in [-0.3, -0.25) is 0 Å². The second kappa shape index (κ2) is 6.20. The summed E-state index contributed by atoms with van der Waals surface area (Å²) in [5, 5.41) is 3.77. The molecule has 0 spiro atoms. The highest BCUT2D eigenvalue weighted by Gasteiger charge is 2.33. The van der Waals surface area contributed by atoms with Crippen LogP contribution >= 0.6 is 0 Å². The average Bonchev–Trinajstić information content (AvgIpc) is 2.33. The summed E-state index contributed by atoms with van der Waals surface area (Å²) in [5.74, 6) is 0. The van der Waals surface area contributed by atoms with E-state index in [1.54, 1.807) is 0 Å². The molecule has 1 aliphatic rings. The van der Waals surface area contributed by atoms with Crippen LogP contribution in [0.5, 0.6) is 0 Å². The van der Waals surface area contributed by atoms with E-state index >= 15 is 0 Å². The van der Waals surface area contributed by atoms with Crippen LogP contribution in [-0.4, -0.2) is 12.1 Å². The Balaban J connectivity index is 1.58. The Morgan fingerprint density at radius 3 is 2.47 bits per heavy atom. The monoisotopic (exact) mass is 231 g/mol. The number of nitrogens with one attached hydrogen (secondary N) is 1. The minimum Gasteiger partial charge on any atom is -0.311 e. The van der Waals surface area contributed by atoms with Gasteiger partial charge in [-0.15, -0.1) is 0 Å². The van der Waals surface area contributed by atoms with E-state index in [4.69, 9.17) is 0 Å². The van der Waals surface area contributed by atoms with Gasteiger partial charge in [0.1, 0.15) is 0 Å². The zero-order chi connectivity index (χ0) is 12.0. The van der Waals surface area contributed by atoms with Crippen LogP contribution in [0.2, 0.25) is 0 Å². The van der Waals surface area contributed by atoms with Gasteiger partial charge in [-0.1, -0.05) is 37.3 Å². The molecule has 0 atom stereocenters. The fourth-order valence-electron chi connectivity index (χ4n) is 2.71. The number of hydrogen-bond acceptors (Lipinski definition) is 1. The van der Waals surface area contributed by atoms with Crippen molar-refractivity contribution in [2.45, 2.75) is 57.4 Å². The van der Waals surface area contributed by atoms with Gasteiger partial charge in [0.05, 0.1) is 0 Å². The third kappa shape index (κ3) is 3.57. The molecular weight excluding hydrogens is 206 g/mol. The maximum atomic E-state index is 3.77. The van der Waals surface area contributed by atoms with Gasteiger partial charge in [0.25, 0.3) is 0 Å². The molecule has 1 heteroatoms. The Hall–Kier alpha value is -0.820. The second-order valence-corrected chi connectivity index (χ2v) is 5.36. The topological polar surface area (TPSA) is 12.0 Å². The van der Waals surface area contributed by atoms with Crippen molar-refractivity contribution < 1.29 is 0 Å². The largest absolute Gasteiger partial charge is 0.311 e. The molecule has 0 heterocycles. The van der Waals surface area contributed by atoms with Gasteiger partial charge in [0.2, 0.25) is 0 Å². The summed E-state index contributed by atoms with van der Waals surface area (Å²) in [4.78, 5) is 0. The molecule has 0 unspecified atom stereocenters. The van der Waals surface area contributed by atoms with E-state index in [1.165, 1.54) is 57.1 Å². The van der Waals surface area contributed by atoms with E-state index in [2.05, 4.69) is 42.6 Å². The standard InChI is InChI=1S/C16H25N/c1-2-16(12-8-13-16)17-14-7-6-11-15-9-4-3-5-10-15/h3-5,9-10,17H,2,6-8,11-14H2,1H3. The summed E-state index contributed by atoms with van der Waals surface area (Å²) < 4.78 is 0. The van der Waals surface area contributed by atoms with Crippen LogP contribution in [-0.2, 0) is 6.42 Å². The first-order chi connectivity index (χ1) is 8.35. The Morgan fingerprint density at radius 1 is 1.12 bits per heavy atom. The zero-order valence-electron chi connectivity index (χ0n) is 11.0. The first kappa shape index (κ1) is 12.6. The fraction of sp³-hybridized carbons (Fsp3) is 0.625. The maximum Gasteiger partial charge on any atom is 0.0178 e. The number of hydrogen-bond donors (Lipinski definition) is 1. The lowest BCUT2D eigenvalue weighted by Gasteiger charge is -2.42. The van der Waals surface area contributed by atoms with Gasteiger partial charge in [0, 0.05) is 5.54 Å². The van der Waals surface area contributed by atoms with Gasteiger partial charge in [-0.2, -0.15) is 0 Å². The predicted octanol–water partition coefficient (Wildman–Crippen LogP) is 3.93. The lowest BCUT2D eigenvalue weighted by molar-refractivity contribution is 0.177. The molecule has 1 aromatic rings.